The molecule has 2 saturated heterocycles. The number of piperidine rings is 2. The fraction of sp³-hybridized carbons (Fsp3) is 0.611. The van der Waals surface area contributed by atoms with E-state index in [0.29, 0.717) is 38.4 Å². The number of carboxylic acids is 1. The van der Waals surface area contributed by atoms with E-state index in [0.717, 1.165) is 12.8 Å². The maximum Gasteiger partial charge on any atom is 0.320 e. The van der Waals surface area contributed by atoms with Crippen LogP contribution in [0.5, 0.6) is 5.88 Å². The number of nitrogens with zero attached hydrogens (tertiary/aromatic N) is 3. The molecular formula is C18H25N3O4. The molecule has 0 aromatic carbocycles. The molecule has 7 nitrogen and oxygen atoms in total. The highest BCUT2D eigenvalue weighted by Gasteiger charge is 2.36. The highest BCUT2D eigenvalue weighted by atomic mass is 16.5. The lowest BCUT2D eigenvalue weighted by molar-refractivity contribution is -0.148. The average Bonchev–Trinajstić information content (AvgIpc) is 2.62. The third-order valence-electron chi connectivity index (χ3n) is 5.14. The van der Waals surface area contributed by atoms with Gasteiger partial charge < -0.3 is 14.7 Å². The van der Waals surface area contributed by atoms with Crippen molar-refractivity contribution in [2.45, 2.75) is 37.8 Å². The molecule has 2 aliphatic rings. The van der Waals surface area contributed by atoms with Crippen LogP contribution >= 0.6 is 0 Å². The van der Waals surface area contributed by atoms with E-state index in [9.17, 15) is 14.7 Å². The number of carboxylic acid groups (broad SMARTS) is 1. The number of pyridine rings is 1. The number of carbonyl (C=O) groups excluding carboxylic acids is 1. The molecule has 1 aromatic heterocycles. The molecular weight excluding hydrogens is 322 g/mol. The molecule has 0 bridgehead atoms. The number of carbonyl (C=O) groups is 2. The lowest BCUT2D eigenvalue weighted by Crippen LogP contribution is -2.51. The van der Waals surface area contributed by atoms with Gasteiger partial charge in [0.05, 0.1) is 5.92 Å². The Labute approximate surface area is 147 Å². The van der Waals surface area contributed by atoms with Crippen molar-refractivity contribution in [2.24, 2.45) is 5.92 Å². The zero-order valence-electron chi connectivity index (χ0n) is 14.5. The van der Waals surface area contributed by atoms with Gasteiger partial charge >= 0.3 is 5.97 Å². The van der Waals surface area contributed by atoms with Gasteiger partial charge in [0.15, 0.2) is 0 Å². The molecule has 0 aliphatic carbocycles. The summed E-state index contributed by atoms with van der Waals surface area (Å²) in [5.74, 6) is -0.136. The second-order valence-corrected chi connectivity index (χ2v) is 6.88. The summed E-state index contributed by atoms with van der Waals surface area (Å²) in [6.45, 7) is 1.87. The molecule has 136 valence electrons. The molecule has 3 heterocycles. The van der Waals surface area contributed by atoms with E-state index < -0.39 is 12.0 Å². The molecule has 2 atom stereocenters. The average molecular weight is 347 g/mol. The van der Waals surface area contributed by atoms with Crippen LogP contribution in [-0.2, 0) is 9.59 Å². The van der Waals surface area contributed by atoms with Gasteiger partial charge in [0.2, 0.25) is 11.8 Å². The van der Waals surface area contributed by atoms with Crippen LogP contribution in [0.15, 0.2) is 24.4 Å². The van der Waals surface area contributed by atoms with Crippen molar-refractivity contribution in [3.05, 3.63) is 24.4 Å². The Bertz CT molecular complexity index is 602. The van der Waals surface area contributed by atoms with Gasteiger partial charge in [-0.25, -0.2) is 4.98 Å². The number of aliphatic carboxylic acids is 1. The Morgan fingerprint density at radius 3 is 2.56 bits per heavy atom. The summed E-state index contributed by atoms with van der Waals surface area (Å²) in [6, 6.07) is 5.12. The molecule has 2 aliphatic heterocycles. The van der Waals surface area contributed by atoms with Crippen LogP contribution in [0, 0.1) is 5.92 Å². The Kier molecular flexibility index (Phi) is 5.53. The Balaban J connectivity index is 1.48. The van der Waals surface area contributed by atoms with Crippen molar-refractivity contribution >= 4 is 11.9 Å². The molecule has 7 heteroatoms. The number of hydrogen-bond acceptors (Lipinski definition) is 5. The third-order valence-corrected chi connectivity index (χ3v) is 5.14. The standard InChI is InChI=1S/C18H25N3O4/c1-20-12-13(5-6-15(20)18(23)24)17(22)21-10-7-14(8-11-21)25-16-4-2-3-9-19-16/h2-4,9,13-15H,5-8,10-12H2,1H3,(H,23,24). The number of ether oxygens (including phenoxy) is 1. The summed E-state index contributed by atoms with van der Waals surface area (Å²) in [7, 11) is 1.78. The maximum absolute atomic E-state index is 12.7. The molecule has 2 unspecified atom stereocenters. The first-order chi connectivity index (χ1) is 12.0. The van der Waals surface area contributed by atoms with Gasteiger partial charge in [-0.15, -0.1) is 0 Å². The fourth-order valence-electron chi connectivity index (χ4n) is 3.70. The first-order valence-corrected chi connectivity index (χ1v) is 8.84. The quantitative estimate of drug-likeness (QED) is 0.882. The predicted octanol–water partition coefficient (Wildman–Crippen LogP) is 1.25. The number of likely N-dealkylation sites (tertiary alicyclic amines) is 2. The van der Waals surface area contributed by atoms with E-state index in [2.05, 4.69) is 4.98 Å². The normalized spacial score (nSPS) is 25.6. The molecule has 1 amide bonds. The van der Waals surface area contributed by atoms with E-state index in [4.69, 9.17) is 4.74 Å². The molecule has 0 spiro atoms. The van der Waals surface area contributed by atoms with Gasteiger partial charge in [-0.1, -0.05) is 6.07 Å². The number of aromatic nitrogens is 1. The van der Waals surface area contributed by atoms with Crippen LogP contribution in [0.25, 0.3) is 0 Å². The molecule has 2 fully saturated rings. The van der Waals surface area contributed by atoms with E-state index in [-0.39, 0.29) is 17.9 Å². The highest BCUT2D eigenvalue weighted by molar-refractivity contribution is 5.80. The van der Waals surface area contributed by atoms with Gasteiger partial charge in [0.25, 0.3) is 0 Å². The second kappa shape index (κ2) is 7.82. The van der Waals surface area contributed by atoms with Crippen LogP contribution in [0.3, 0.4) is 0 Å². The van der Waals surface area contributed by atoms with E-state index in [1.54, 1.807) is 18.1 Å². The summed E-state index contributed by atoms with van der Waals surface area (Å²) < 4.78 is 5.86. The van der Waals surface area contributed by atoms with Crippen molar-refractivity contribution in [3.63, 3.8) is 0 Å². The summed E-state index contributed by atoms with van der Waals surface area (Å²) in [5, 5.41) is 9.18. The minimum absolute atomic E-state index is 0.0874. The topological polar surface area (TPSA) is 83.0 Å². The van der Waals surface area contributed by atoms with E-state index in [1.165, 1.54) is 0 Å². The number of amides is 1. The zero-order valence-corrected chi connectivity index (χ0v) is 14.5. The number of hydrogen-bond donors (Lipinski definition) is 1. The first-order valence-electron chi connectivity index (χ1n) is 8.84. The summed E-state index contributed by atoms with van der Waals surface area (Å²) >= 11 is 0. The van der Waals surface area contributed by atoms with Crippen molar-refractivity contribution in [1.82, 2.24) is 14.8 Å². The molecule has 25 heavy (non-hydrogen) atoms. The van der Waals surface area contributed by atoms with Gasteiger partial charge in [0.1, 0.15) is 12.1 Å². The molecule has 0 saturated carbocycles. The maximum atomic E-state index is 12.7. The third kappa shape index (κ3) is 4.28. The Morgan fingerprint density at radius 2 is 1.96 bits per heavy atom. The zero-order chi connectivity index (χ0) is 17.8. The van der Waals surface area contributed by atoms with Crippen LogP contribution in [0.2, 0.25) is 0 Å². The minimum atomic E-state index is -0.805. The lowest BCUT2D eigenvalue weighted by Gasteiger charge is -2.38. The van der Waals surface area contributed by atoms with Crippen LogP contribution < -0.4 is 4.74 Å². The number of rotatable bonds is 4. The smallest absolute Gasteiger partial charge is 0.320 e. The predicted molar refractivity (Wildman–Crippen MR) is 91.2 cm³/mol. The molecule has 1 aromatic rings. The number of likely N-dealkylation sites (N-methyl/N-ethyl adjacent to an activating group) is 1. The Morgan fingerprint density at radius 1 is 1.20 bits per heavy atom. The van der Waals surface area contributed by atoms with Crippen LogP contribution in [-0.4, -0.2) is 70.6 Å². The van der Waals surface area contributed by atoms with Crippen molar-refractivity contribution in [2.75, 3.05) is 26.7 Å². The van der Waals surface area contributed by atoms with Crippen molar-refractivity contribution < 1.29 is 19.4 Å². The summed E-state index contributed by atoms with van der Waals surface area (Å²) in [5.41, 5.74) is 0. The monoisotopic (exact) mass is 347 g/mol. The summed E-state index contributed by atoms with van der Waals surface area (Å²) in [4.78, 5) is 31.8. The van der Waals surface area contributed by atoms with Gasteiger partial charge in [0, 0.05) is 44.7 Å². The van der Waals surface area contributed by atoms with Gasteiger partial charge in [-0.05, 0) is 26.0 Å². The summed E-state index contributed by atoms with van der Waals surface area (Å²) in [6.07, 6.45) is 4.55. The van der Waals surface area contributed by atoms with Crippen molar-refractivity contribution in [1.29, 1.82) is 0 Å². The van der Waals surface area contributed by atoms with Crippen molar-refractivity contribution in [3.8, 4) is 5.88 Å². The minimum Gasteiger partial charge on any atom is -0.480 e. The molecule has 3 rings (SSSR count). The Hall–Kier alpha value is -2.15. The largest absolute Gasteiger partial charge is 0.480 e. The van der Waals surface area contributed by atoms with Crippen LogP contribution in [0.1, 0.15) is 25.7 Å². The van der Waals surface area contributed by atoms with Gasteiger partial charge in [-0.2, -0.15) is 0 Å². The van der Waals surface area contributed by atoms with E-state index >= 15 is 0 Å². The van der Waals surface area contributed by atoms with Crippen LogP contribution in [0.4, 0.5) is 0 Å². The first kappa shape index (κ1) is 17.7. The van der Waals surface area contributed by atoms with E-state index in [1.807, 2.05) is 23.1 Å². The second-order valence-electron chi connectivity index (χ2n) is 6.88. The fourth-order valence-corrected chi connectivity index (χ4v) is 3.70. The van der Waals surface area contributed by atoms with Gasteiger partial charge in [-0.3, -0.25) is 14.5 Å². The molecule has 1 N–H and O–H groups in total. The highest BCUT2D eigenvalue weighted by Crippen LogP contribution is 2.25. The lowest BCUT2D eigenvalue weighted by atomic mass is 9.91. The SMILES string of the molecule is CN1CC(C(=O)N2CCC(Oc3ccccn3)CC2)CCC1C(=O)O. The molecule has 0 radical (unpaired) electrons.